The van der Waals surface area contributed by atoms with Gasteiger partial charge in [0.1, 0.15) is 5.82 Å². The van der Waals surface area contributed by atoms with Crippen LogP contribution in [0.2, 0.25) is 0 Å². The van der Waals surface area contributed by atoms with Crippen LogP contribution < -0.4 is 0 Å². The number of aryl methyl sites for hydroxylation is 2. The summed E-state index contributed by atoms with van der Waals surface area (Å²) in [6.07, 6.45) is 2.30. The van der Waals surface area contributed by atoms with Crippen molar-refractivity contribution in [3.63, 3.8) is 0 Å². The number of carbonyl (C=O) groups is 2. The van der Waals surface area contributed by atoms with Gasteiger partial charge in [0.05, 0.1) is 19.6 Å². The van der Waals surface area contributed by atoms with E-state index in [0.29, 0.717) is 39.3 Å². The number of hydrogen-bond acceptors (Lipinski definition) is 5. The highest BCUT2D eigenvalue weighted by atomic mass is 16.5. The number of rotatable bonds is 4. The fraction of sp³-hybridized carbons (Fsp3) is 0.714. The van der Waals surface area contributed by atoms with E-state index in [1.165, 1.54) is 0 Å². The summed E-state index contributed by atoms with van der Waals surface area (Å²) < 4.78 is 5.32. The standard InChI is InChI=1S/C21H32N4O3/c1-14(2)21(27)25-7-5-6-17(13-25)20-22-15(3)18(16(4)23-20)12-19(26)24-8-10-28-11-9-24/h14,17H,5-13H2,1-4H3/t17-/m1/s1. The van der Waals surface area contributed by atoms with Crippen LogP contribution in [0.1, 0.15) is 55.4 Å². The fourth-order valence-electron chi connectivity index (χ4n) is 4.03. The molecular weight excluding hydrogens is 356 g/mol. The maximum atomic E-state index is 12.6. The molecule has 0 unspecified atom stereocenters. The van der Waals surface area contributed by atoms with Crippen molar-refractivity contribution in [1.82, 2.24) is 19.8 Å². The van der Waals surface area contributed by atoms with Gasteiger partial charge in [-0.1, -0.05) is 13.8 Å². The van der Waals surface area contributed by atoms with Crippen molar-refractivity contribution in [3.8, 4) is 0 Å². The second kappa shape index (κ2) is 8.99. The van der Waals surface area contributed by atoms with Crippen molar-refractivity contribution in [2.75, 3.05) is 39.4 Å². The third kappa shape index (κ3) is 4.69. The SMILES string of the molecule is Cc1nc([C@@H]2CCCN(C(=O)C(C)C)C2)nc(C)c1CC(=O)N1CCOCC1. The lowest BCUT2D eigenvalue weighted by Crippen LogP contribution is -2.42. The average Bonchev–Trinajstić information content (AvgIpc) is 2.70. The van der Waals surface area contributed by atoms with E-state index in [2.05, 4.69) is 0 Å². The monoisotopic (exact) mass is 388 g/mol. The Balaban J connectivity index is 1.72. The van der Waals surface area contributed by atoms with E-state index in [1.54, 1.807) is 0 Å². The third-order valence-electron chi connectivity index (χ3n) is 5.72. The molecule has 154 valence electrons. The zero-order chi connectivity index (χ0) is 20.3. The Labute approximate surface area is 167 Å². The van der Waals surface area contributed by atoms with Crippen molar-refractivity contribution in [2.24, 2.45) is 5.92 Å². The number of aromatic nitrogens is 2. The highest BCUT2D eigenvalue weighted by Gasteiger charge is 2.28. The Morgan fingerprint density at radius 1 is 1.07 bits per heavy atom. The van der Waals surface area contributed by atoms with Crippen LogP contribution in [-0.2, 0) is 20.7 Å². The minimum Gasteiger partial charge on any atom is -0.378 e. The molecule has 0 aliphatic carbocycles. The number of amides is 2. The number of carbonyl (C=O) groups excluding carboxylic acids is 2. The summed E-state index contributed by atoms with van der Waals surface area (Å²) in [7, 11) is 0. The Bertz CT molecular complexity index is 705. The fourth-order valence-corrected chi connectivity index (χ4v) is 4.03. The predicted octanol–water partition coefficient (Wildman–Crippen LogP) is 1.86. The van der Waals surface area contributed by atoms with Gasteiger partial charge in [-0.15, -0.1) is 0 Å². The zero-order valence-electron chi connectivity index (χ0n) is 17.5. The Hall–Kier alpha value is -2.02. The van der Waals surface area contributed by atoms with Gasteiger partial charge in [-0.25, -0.2) is 9.97 Å². The van der Waals surface area contributed by atoms with Crippen molar-refractivity contribution in [1.29, 1.82) is 0 Å². The first-order valence-corrected chi connectivity index (χ1v) is 10.3. The highest BCUT2D eigenvalue weighted by molar-refractivity contribution is 5.79. The predicted molar refractivity (Wildman–Crippen MR) is 106 cm³/mol. The van der Waals surface area contributed by atoms with E-state index < -0.39 is 0 Å². The molecule has 2 saturated heterocycles. The van der Waals surface area contributed by atoms with E-state index in [9.17, 15) is 9.59 Å². The van der Waals surface area contributed by atoms with Gasteiger partial charge >= 0.3 is 0 Å². The number of ether oxygens (including phenoxy) is 1. The van der Waals surface area contributed by atoms with E-state index in [-0.39, 0.29) is 23.7 Å². The molecule has 0 saturated carbocycles. The normalized spacial score (nSPS) is 20.5. The molecule has 0 bridgehead atoms. The molecule has 3 heterocycles. The van der Waals surface area contributed by atoms with Crippen LogP contribution in [0.5, 0.6) is 0 Å². The summed E-state index contributed by atoms with van der Waals surface area (Å²) in [5, 5.41) is 0. The highest BCUT2D eigenvalue weighted by Crippen LogP contribution is 2.27. The van der Waals surface area contributed by atoms with Crippen molar-refractivity contribution in [3.05, 3.63) is 22.8 Å². The van der Waals surface area contributed by atoms with Gasteiger partial charge in [0.15, 0.2) is 0 Å². The molecule has 3 rings (SSSR count). The van der Waals surface area contributed by atoms with Crippen LogP contribution in [0.3, 0.4) is 0 Å². The summed E-state index contributed by atoms with van der Waals surface area (Å²) in [5.41, 5.74) is 2.67. The first-order chi connectivity index (χ1) is 13.4. The van der Waals surface area contributed by atoms with Gasteiger partial charge in [-0.05, 0) is 26.7 Å². The molecule has 1 atom stereocenters. The molecule has 28 heavy (non-hydrogen) atoms. The number of piperidine rings is 1. The van der Waals surface area contributed by atoms with Crippen LogP contribution in [0.4, 0.5) is 0 Å². The Morgan fingerprint density at radius 3 is 2.32 bits per heavy atom. The van der Waals surface area contributed by atoms with Crippen molar-refractivity contribution >= 4 is 11.8 Å². The lowest BCUT2D eigenvalue weighted by Gasteiger charge is -2.33. The number of likely N-dealkylation sites (tertiary alicyclic amines) is 1. The van der Waals surface area contributed by atoms with Gasteiger partial charge in [0.25, 0.3) is 0 Å². The largest absolute Gasteiger partial charge is 0.378 e. The van der Waals surface area contributed by atoms with E-state index in [1.807, 2.05) is 37.5 Å². The van der Waals surface area contributed by atoms with Gasteiger partial charge in [-0.2, -0.15) is 0 Å². The summed E-state index contributed by atoms with van der Waals surface area (Å²) in [6.45, 7) is 11.8. The Morgan fingerprint density at radius 2 is 1.71 bits per heavy atom. The summed E-state index contributed by atoms with van der Waals surface area (Å²) in [5.74, 6) is 1.29. The maximum Gasteiger partial charge on any atom is 0.227 e. The smallest absolute Gasteiger partial charge is 0.227 e. The van der Waals surface area contributed by atoms with Crippen LogP contribution in [0.15, 0.2) is 0 Å². The molecule has 0 spiro atoms. The first kappa shape index (κ1) is 20.7. The molecule has 2 aliphatic heterocycles. The van der Waals surface area contributed by atoms with Gasteiger partial charge in [0, 0.05) is 55.0 Å². The zero-order valence-corrected chi connectivity index (χ0v) is 17.5. The number of morpholine rings is 1. The molecule has 1 aromatic heterocycles. The molecule has 7 heteroatoms. The quantitative estimate of drug-likeness (QED) is 0.787. The summed E-state index contributed by atoms with van der Waals surface area (Å²) in [6, 6.07) is 0. The molecule has 7 nitrogen and oxygen atoms in total. The topological polar surface area (TPSA) is 75.6 Å². The van der Waals surface area contributed by atoms with Crippen LogP contribution >= 0.6 is 0 Å². The summed E-state index contributed by atoms with van der Waals surface area (Å²) in [4.78, 5) is 38.3. The van der Waals surface area contributed by atoms with Gasteiger partial charge < -0.3 is 14.5 Å². The first-order valence-electron chi connectivity index (χ1n) is 10.3. The van der Waals surface area contributed by atoms with Gasteiger partial charge in [-0.3, -0.25) is 9.59 Å². The van der Waals surface area contributed by atoms with Crippen LogP contribution in [0.25, 0.3) is 0 Å². The Kier molecular flexibility index (Phi) is 6.65. The second-order valence-electron chi connectivity index (χ2n) is 8.18. The second-order valence-corrected chi connectivity index (χ2v) is 8.18. The molecule has 1 aromatic rings. The van der Waals surface area contributed by atoms with Crippen LogP contribution in [-0.4, -0.2) is 71.0 Å². The lowest BCUT2D eigenvalue weighted by molar-refractivity contribution is -0.136. The number of nitrogens with zero attached hydrogens (tertiary/aromatic N) is 4. The number of hydrogen-bond donors (Lipinski definition) is 0. The molecule has 2 amide bonds. The summed E-state index contributed by atoms with van der Waals surface area (Å²) >= 11 is 0. The van der Waals surface area contributed by atoms with E-state index >= 15 is 0 Å². The van der Waals surface area contributed by atoms with E-state index in [4.69, 9.17) is 14.7 Å². The molecule has 2 fully saturated rings. The van der Waals surface area contributed by atoms with Crippen molar-refractivity contribution in [2.45, 2.75) is 52.9 Å². The van der Waals surface area contributed by atoms with Gasteiger partial charge in [0.2, 0.25) is 11.8 Å². The molecule has 0 radical (unpaired) electrons. The van der Waals surface area contributed by atoms with Crippen molar-refractivity contribution < 1.29 is 14.3 Å². The minimum atomic E-state index is 0.0108. The van der Waals surface area contributed by atoms with E-state index in [0.717, 1.165) is 42.2 Å². The molecular formula is C21H32N4O3. The third-order valence-corrected chi connectivity index (χ3v) is 5.72. The maximum absolute atomic E-state index is 12.6. The molecule has 0 aromatic carbocycles. The minimum absolute atomic E-state index is 0.0108. The lowest BCUT2D eigenvalue weighted by atomic mass is 9.95. The van der Waals surface area contributed by atoms with Crippen LogP contribution in [0, 0.1) is 19.8 Å². The molecule has 0 N–H and O–H groups in total. The molecule has 2 aliphatic rings. The average molecular weight is 389 g/mol.